The third kappa shape index (κ3) is 6.31. The van der Waals surface area contributed by atoms with Gasteiger partial charge >= 0.3 is 12.3 Å². The summed E-state index contributed by atoms with van der Waals surface area (Å²) in [5.74, 6) is -1.25. The predicted octanol–water partition coefficient (Wildman–Crippen LogP) is 1.19. The second-order valence-corrected chi connectivity index (χ2v) is 5.12. The van der Waals surface area contributed by atoms with Crippen molar-refractivity contribution in [2.45, 2.75) is 0 Å². The molecule has 0 spiro atoms. The molecule has 0 amide bonds. The van der Waals surface area contributed by atoms with Gasteiger partial charge in [-0.05, 0) is 11.6 Å². The van der Waals surface area contributed by atoms with E-state index >= 15 is 0 Å². The van der Waals surface area contributed by atoms with Crippen LogP contribution >= 0.6 is 0 Å². The lowest BCUT2D eigenvalue weighted by atomic mass is 9.93. The molecule has 0 aromatic rings. The zero-order chi connectivity index (χ0) is 21.1. The van der Waals surface area contributed by atoms with Gasteiger partial charge < -0.3 is 29.0 Å². The molecule has 0 heterocycles. The molecule has 0 aromatic heterocycles. The molecule has 10 nitrogen and oxygen atoms in total. The molecule has 0 bridgehead atoms. The van der Waals surface area contributed by atoms with Crippen LogP contribution in [0.25, 0.3) is 0 Å². The van der Waals surface area contributed by atoms with Crippen molar-refractivity contribution < 1.29 is 42.9 Å². The van der Waals surface area contributed by atoms with Gasteiger partial charge in [0.05, 0.1) is 32.6 Å². The van der Waals surface area contributed by atoms with Crippen molar-refractivity contribution in [2.24, 2.45) is 0 Å². The molecule has 152 valence electrons. The fourth-order valence-electron chi connectivity index (χ4n) is 2.05. The number of ether oxygens (including phenoxy) is 5. The molecule has 0 aliphatic heterocycles. The molecule has 0 radical (unpaired) electrons. The van der Waals surface area contributed by atoms with Crippen molar-refractivity contribution >= 4 is 23.9 Å². The van der Waals surface area contributed by atoms with E-state index in [-0.39, 0.29) is 42.4 Å². The van der Waals surface area contributed by atoms with Gasteiger partial charge in [0.25, 0.3) is 0 Å². The first-order chi connectivity index (χ1) is 13.3. The Morgan fingerprint density at radius 2 is 1.71 bits per heavy atom. The molecule has 1 N–H and O–H groups in total. The number of hydrogen-bond donors (Lipinski definition) is 1. The summed E-state index contributed by atoms with van der Waals surface area (Å²) in [5.41, 5.74) is 0.00201. The number of methoxy groups -OCH3 is 3. The molecule has 0 unspecified atom stereocenters. The first-order valence-corrected chi connectivity index (χ1v) is 7.93. The monoisotopic (exact) mass is 395 g/mol. The van der Waals surface area contributed by atoms with E-state index in [1.807, 2.05) is 0 Å². The molecule has 1 aliphatic carbocycles. The van der Waals surface area contributed by atoms with Gasteiger partial charge in [-0.15, -0.1) is 0 Å². The van der Waals surface area contributed by atoms with Crippen molar-refractivity contribution in [1.82, 2.24) is 5.32 Å². The summed E-state index contributed by atoms with van der Waals surface area (Å²) in [4.78, 5) is 46.9. The van der Waals surface area contributed by atoms with E-state index in [0.29, 0.717) is 0 Å². The summed E-state index contributed by atoms with van der Waals surface area (Å²) in [6.07, 6.45) is 2.36. The van der Waals surface area contributed by atoms with Gasteiger partial charge in [-0.2, -0.15) is 0 Å². The number of allylic oxidation sites excluding steroid dienone is 2. The third-order valence-corrected chi connectivity index (χ3v) is 3.34. The van der Waals surface area contributed by atoms with Crippen LogP contribution in [0.1, 0.15) is 0 Å². The van der Waals surface area contributed by atoms with Crippen LogP contribution in [0.15, 0.2) is 47.4 Å². The number of rotatable bonds is 9. The molecule has 0 saturated heterocycles. The number of Topliss-reactive ketones (excluding diaryl/α,β-unsaturated/α-hetero) is 1. The lowest BCUT2D eigenvalue weighted by Gasteiger charge is -2.20. The van der Waals surface area contributed by atoms with Crippen molar-refractivity contribution in [3.05, 3.63) is 47.4 Å². The summed E-state index contributed by atoms with van der Waals surface area (Å²) in [6.45, 7) is 3.46. The number of carbonyl (C=O) groups excluding carboxylic acids is 4. The summed E-state index contributed by atoms with van der Waals surface area (Å²) < 4.78 is 23.0. The van der Waals surface area contributed by atoms with Gasteiger partial charge in [0.15, 0.2) is 5.76 Å². The third-order valence-electron chi connectivity index (χ3n) is 3.34. The molecule has 1 rings (SSSR count). The highest BCUT2D eigenvalue weighted by Crippen LogP contribution is 2.24. The summed E-state index contributed by atoms with van der Waals surface area (Å²) in [6, 6.07) is 0. The minimum Gasteiger partial charge on any atom is -0.492 e. The second kappa shape index (κ2) is 11.2. The SMILES string of the molecule is C=C(COC(=O)OC)C1=C(NC/C=C/COC(=O)OC)C(=O)C=C(OC)C1=O. The van der Waals surface area contributed by atoms with Crippen LogP contribution in [0.3, 0.4) is 0 Å². The van der Waals surface area contributed by atoms with Crippen molar-refractivity contribution in [1.29, 1.82) is 0 Å². The maximum atomic E-state index is 12.5. The Kier molecular flexibility index (Phi) is 9.01. The molecular weight excluding hydrogens is 374 g/mol. The van der Waals surface area contributed by atoms with Crippen LogP contribution < -0.4 is 5.32 Å². The van der Waals surface area contributed by atoms with E-state index in [0.717, 1.165) is 13.2 Å². The van der Waals surface area contributed by atoms with E-state index in [1.165, 1.54) is 20.3 Å². The minimum atomic E-state index is -0.957. The standard InChI is InChI=1S/C18H21NO9/c1-11(10-28-18(23)26-4)14-15(12(20)9-13(24-2)16(14)21)19-7-5-6-8-27-17(22)25-3/h5-6,9,19H,1,7-8,10H2,2-4H3/b6-5+. The molecule has 0 fully saturated rings. The minimum absolute atomic E-state index is 0.0252. The lowest BCUT2D eigenvalue weighted by Crippen LogP contribution is -2.30. The summed E-state index contributed by atoms with van der Waals surface area (Å²) in [7, 11) is 3.57. The number of ketones is 2. The van der Waals surface area contributed by atoms with E-state index in [9.17, 15) is 19.2 Å². The van der Waals surface area contributed by atoms with E-state index < -0.39 is 23.9 Å². The Balaban J connectivity index is 2.89. The van der Waals surface area contributed by atoms with Gasteiger partial charge in [-0.1, -0.05) is 12.7 Å². The predicted molar refractivity (Wildman–Crippen MR) is 95.1 cm³/mol. The molecule has 1 aliphatic rings. The lowest BCUT2D eigenvalue weighted by molar-refractivity contribution is -0.118. The highest BCUT2D eigenvalue weighted by atomic mass is 16.7. The van der Waals surface area contributed by atoms with Crippen LogP contribution in [0, 0.1) is 0 Å². The van der Waals surface area contributed by atoms with Crippen molar-refractivity contribution in [3.63, 3.8) is 0 Å². The Morgan fingerprint density at radius 3 is 2.32 bits per heavy atom. The van der Waals surface area contributed by atoms with Gasteiger partial charge in [0.2, 0.25) is 11.6 Å². The number of nitrogens with one attached hydrogen (secondary N) is 1. The maximum absolute atomic E-state index is 12.5. The van der Waals surface area contributed by atoms with E-state index in [4.69, 9.17) is 9.47 Å². The average Bonchev–Trinajstić information content (AvgIpc) is 2.69. The first kappa shape index (κ1) is 22.5. The Morgan fingerprint density at radius 1 is 1.07 bits per heavy atom. The Labute approximate surface area is 161 Å². The largest absolute Gasteiger partial charge is 0.508 e. The van der Waals surface area contributed by atoms with E-state index in [1.54, 1.807) is 6.08 Å². The van der Waals surface area contributed by atoms with Crippen LogP contribution in [0.5, 0.6) is 0 Å². The second-order valence-electron chi connectivity index (χ2n) is 5.12. The fraction of sp³-hybridized carbons (Fsp3) is 0.333. The van der Waals surface area contributed by atoms with Crippen LogP contribution in [0.4, 0.5) is 9.59 Å². The van der Waals surface area contributed by atoms with Gasteiger partial charge in [0, 0.05) is 12.6 Å². The van der Waals surface area contributed by atoms with Gasteiger partial charge in [-0.25, -0.2) is 9.59 Å². The molecule has 0 saturated carbocycles. The molecule has 0 atom stereocenters. The highest BCUT2D eigenvalue weighted by molar-refractivity contribution is 6.23. The molecular formula is C18H21NO9. The van der Waals surface area contributed by atoms with Crippen molar-refractivity contribution in [3.8, 4) is 0 Å². The van der Waals surface area contributed by atoms with E-state index in [2.05, 4.69) is 26.1 Å². The normalized spacial score (nSPS) is 13.8. The number of hydrogen-bond acceptors (Lipinski definition) is 10. The maximum Gasteiger partial charge on any atom is 0.508 e. The summed E-state index contributed by atoms with van der Waals surface area (Å²) >= 11 is 0. The molecule has 0 aromatic carbocycles. The van der Waals surface area contributed by atoms with Crippen LogP contribution in [-0.4, -0.2) is 65.0 Å². The fourth-order valence-corrected chi connectivity index (χ4v) is 2.05. The van der Waals surface area contributed by atoms with Gasteiger partial charge in [0.1, 0.15) is 13.2 Å². The first-order valence-electron chi connectivity index (χ1n) is 7.93. The quantitative estimate of drug-likeness (QED) is 0.345. The molecule has 10 heteroatoms. The average molecular weight is 395 g/mol. The topological polar surface area (TPSA) is 126 Å². The Hall–Kier alpha value is -3.56. The Bertz CT molecular complexity index is 746. The zero-order valence-corrected chi connectivity index (χ0v) is 15.7. The number of carbonyl (C=O) groups is 4. The van der Waals surface area contributed by atoms with Gasteiger partial charge in [-0.3, -0.25) is 9.59 Å². The summed E-state index contributed by atoms with van der Waals surface area (Å²) in [5, 5.41) is 2.80. The van der Waals surface area contributed by atoms with Crippen LogP contribution in [0.2, 0.25) is 0 Å². The van der Waals surface area contributed by atoms with Crippen molar-refractivity contribution in [2.75, 3.05) is 41.1 Å². The smallest absolute Gasteiger partial charge is 0.492 e. The van der Waals surface area contributed by atoms with Crippen LogP contribution in [-0.2, 0) is 33.3 Å². The molecule has 28 heavy (non-hydrogen) atoms. The zero-order valence-electron chi connectivity index (χ0n) is 15.7. The highest BCUT2D eigenvalue weighted by Gasteiger charge is 2.31.